The molecule has 0 aliphatic carbocycles. The topological polar surface area (TPSA) is 30.7 Å². The van der Waals surface area contributed by atoms with Gasteiger partial charge < -0.3 is 4.57 Å². The molecule has 0 amide bonds. The summed E-state index contributed by atoms with van der Waals surface area (Å²) >= 11 is 3.45. The fourth-order valence-electron chi connectivity index (χ4n) is 1.64. The molecule has 86 valence electrons. The summed E-state index contributed by atoms with van der Waals surface area (Å²) in [6.07, 6.45) is 2.20. The van der Waals surface area contributed by atoms with E-state index in [9.17, 15) is 0 Å². The van der Waals surface area contributed by atoms with E-state index in [0.717, 1.165) is 29.3 Å². The third-order valence-electron chi connectivity index (χ3n) is 2.42. The van der Waals surface area contributed by atoms with Crippen LogP contribution in [0, 0.1) is 5.92 Å². The Morgan fingerprint density at radius 3 is 2.20 bits per heavy atom. The number of aromatic nitrogens is 3. The van der Waals surface area contributed by atoms with Gasteiger partial charge in [0.05, 0.1) is 5.33 Å². The molecular weight excluding hydrogens is 254 g/mol. The Hall–Kier alpha value is -0.380. The summed E-state index contributed by atoms with van der Waals surface area (Å²) in [5.74, 6) is 2.87. The molecule has 1 aromatic rings. The molecule has 0 bridgehead atoms. The summed E-state index contributed by atoms with van der Waals surface area (Å²) in [6, 6.07) is 0.440. The van der Waals surface area contributed by atoms with Crippen LogP contribution in [0.15, 0.2) is 0 Å². The molecule has 1 rings (SSSR count). The lowest BCUT2D eigenvalue weighted by molar-refractivity contribution is 0.517. The van der Waals surface area contributed by atoms with Crippen molar-refractivity contribution in [3.8, 4) is 0 Å². The van der Waals surface area contributed by atoms with Crippen molar-refractivity contribution in [3.05, 3.63) is 11.6 Å². The second-order valence-electron chi connectivity index (χ2n) is 4.56. The summed E-state index contributed by atoms with van der Waals surface area (Å²) in [6.45, 7) is 8.83. The fraction of sp³-hybridized carbons (Fsp3) is 0.818. The first-order valence-electron chi connectivity index (χ1n) is 5.54. The van der Waals surface area contributed by atoms with E-state index in [1.54, 1.807) is 0 Å². The largest absolute Gasteiger partial charge is 0.312 e. The van der Waals surface area contributed by atoms with Gasteiger partial charge in [-0.3, -0.25) is 0 Å². The van der Waals surface area contributed by atoms with Gasteiger partial charge in [-0.15, -0.1) is 10.2 Å². The quantitative estimate of drug-likeness (QED) is 0.771. The van der Waals surface area contributed by atoms with Crippen LogP contribution in [0.25, 0.3) is 0 Å². The van der Waals surface area contributed by atoms with Crippen LogP contribution in [0.4, 0.5) is 0 Å². The van der Waals surface area contributed by atoms with Crippen LogP contribution in [-0.2, 0) is 11.8 Å². The second-order valence-corrected chi connectivity index (χ2v) is 5.12. The zero-order chi connectivity index (χ0) is 11.4. The Bertz CT molecular complexity index is 305. The summed E-state index contributed by atoms with van der Waals surface area (Å²) in [7, 11) is 0. The molecule has 4 heteroatoms. The van der Waals surface area contributed by atoms with E-state index in [0.29, 0.717) is 6.04 Å². The highest BCUT2D eigenvalue weighted by Crippen LogP contribution is 2.16. The molecule has 0 unspecified atom stereocenters. The van der Waals surface area contributed by atoms with E-state index in [4.69, 9.17) is 0 Å². The highest BCUT2D eigenvalue weighted by Gasteiger charge is 2.13. The number of rotatable bonds is 5. The standard InChI is InChI=1S/C11H20BrN3/c1-8(2)5-6-10-13-14-11(7-12)15(10)9(3)4/h8-9H,5-7H2,1-4H3. The predicted octanol–water partition coefficient (Wildman–Crippen LogP) is 3.34. The Morgan fingerprint density at radius 2 is 1.73 bits per heavy atom. The number of nitrogens with zero attached hydrogens (tertiary/aromatic N) is 3. The first kappa shape index (κ1) is 12.7. The molecule has 0 N–H and O–H groups in total. The molecule has 0 fully saturated rings. The third kappa shape index (κ3) is 3.30. The maximum Gasteiger partial charge on any atom is 0.143 e. The van der Waals surface area contributed by atoms with Crippen LogP contribution >= 0.6 is 15.9 Å². The van der Waals surface area contributed by atoms with Gasteiger partial charge in [0.2, 0.25) is 0 Å². The van der Waals surface area contributed by atoms with Gasteiger partial charge in [-0.05, 0) is 26.2 Å². The van der Waals surface area contributed by atoms with Crippen molar-refractivity contribution < 1.29 is 0 Å². The lowest BCUT2D eigenvalue weighted by atomic mass is 10.1. The monoisotopic (exact) mass is 273 g/mol. The van der Waals surface area contributed by atoms with E-state index >= 15 is 0 Å². The molecule has 0 aliphatic heterocycles. The number of hydrogen-bond acceptors (Lipinski definition) is 2. The Labute approximate surface area is 100 Å². The van der Waals surface area contributed by atoms with E-state index in [-0.39, 0.29) is 0 Å². The van der Waals surface area contributed by atoms with E-state index in [2.05, 4.69) is 58.4 Å². The lowest BCUT2D eigenvalue weighted by Crippen LogP contribution is -2.10. The van der Waals surface area contributed by atoms with Crippen molar-refractivity contribution >= 4 is 15.9 Å². The van der Waals surface area contributed by atoms with Gasteiger partial charge in [-0.2, -0.15) is 0 Å². The SMILES string of the molecule is CC(C)CCc1nnc(CBr)n1C(C)C. The first-order valence-corrected chi connectivity index (χ1v) is 6.67. The first-order chi connectivity index (χ1) is 7.06. The molecule has 1 aromatic heterocycles. The minimum Gasteiger partial charge on any atom is -0.312 e. The van der Waals surface area contributed by atoms with Crippen molar-refractivity contribution in [1.29, 1.82) is 0 Å². The van der Waals surface area contributed by atoms with Crippen LogP contribution in [0.2, 0.25) is 0 Å². The summed E-state index contributed by atoms with van der Waals surface area (Å²) < 4.78 is 2.23. The fourth-order valence-corrected chi connectivity index (χ4v) is 2.02. The zero-order valence-electron chi connectivity index (χ0n) is 10.00. The third-order valence-corrected chi connectivity index (χ3v) is 2.92. The molecule has 3 nitrogen and oxygen atoms in total. The van der Waals surface area contributed by atoms with Crippen molar-refractivity contribution in [2.75, 3.05) is 0 Å². The van der Waals surface area contributed by atoms with Gasteiger partial charge in [-0.1, -0.05) is 29.8 Å². The average Bonchev–Trinajstić information content (AvgIpc) is 2.57. The van der Waals surface area contributed by atoms with Crippen molar-refractivity contribution in [2.45, 2.75) is 51.9 Å². The Morgan fingerprint density at radius 1 is 1.13 bits per heavy atom. The van der Waals surface area contributed by atoms with Gasteiger partial charge in [0, 0.05) is 12.5 Å². The van der Waals surface area contributed by atoms with Gasteiger partial charge >= 0.3 is 0 Å². The van der Waals surface area contributed by atoms with Gasteiger partial charge in [0.15, 0.2) is 0 Å². The van der Waals surface area contributed by atoms with E-state index in [1.165, 1.54) is 6.42 Å². The van der Waals surface area contributed by atoms with Crippen molar-refractivity contribution in [1.82, 2.24) is 14.8 Å². The minimum absolute atomic E-state index is 0.440. The molecule has 0 aliphatic rings. The summed E-state index contributed by atoms with van der Waals surface area (Å²) in [4.78, 5) is 0. The molecule has 0 saturated carbocycles. The normalized spacial score (nSPS) is 11.7. The Kier molecular flexibility index (Phi) is 4.77. The number of alkyl halides is 1. The summed E-state index contributed by atoms with van der Waals surface area (Å²) in [5, 5.41) is 9.24. The van der Waals surface area contributed by atoms with Crippen molar-refractivity contribution in [3.63, 3.8) is 0 Å². The van der Waals surface area contributed by atoms with E-state index in [1.807, 2.05) is 0 Å². The molecule has 0 radical (unpaired) electrons. The highest BCUT2D eigenvalue weighted by molar-refractivity contribution is 9.08. The van der Waals surface area contributed by atoms with Crippen LogP contribution in [0.3, 0.4) is 0 Å². The molecule has 15 heavy (non-hydrogen) atoms. The van der Waals surface area contributed by atoms with Crippen LogP contribution in [0.1, 0.15) is 51.8 Å². The zero-order valence-corrected chi connectivity index (χ0v) is 11.6. The van der Waals surface area contributed by atoms with Gasteiger partial charge in [0.1, 0.15) is 11.6 Å². The predicted molar refractivity (Wildman–Crippen MR) is 66.2 cm³/mol. The van der Waals surface area contributed by atoms with E-state index < -0.39 is 0 Å². The average molecular weight is 274 g/mol. The minimum atomic E-state index is 0.440. The number of halogens is 1. The number of hydrogen-bond donors (Lipinski definition) is 0. The summed E-state index contributed by atoms with van der Waals surface area (Å²) in [5.41, 5.74) is 0. The number of aryl methyl sites for hydroxylation is 1. The maximum atomic E-state index is 4.26. The highest BCUT2D eigenvalue weighted by atomic mass is 79.9. The second kappa shape index (κ2) is 5.64. The van der Waals surface area contributed by atoms with Crippen LogP contribution < -0.4 is 0 Å². The lowest BCUT2D eigenvalue weighted by Gasteiger charge is -2.13. The van der Waals surface area contributed by atoms with Crippen molar-refractivity contribution in [2.24, 2.45) is 5.92 Å². The van der Waals surface area contributed by atoms with Crippen LogP contribution in [-0.4, -0.2) is 14.8 Å². The smallest absolute Gasteiger partial charge is 0.143 e. The molecule has 1 heterocycles. The van der Waals surface area contributed by atoms with Crippen LogP contribution in [0.5, 0.6) is 0 Å². The maximum absolute atomic E-state index is 4.26. The molecule has 0 aromatic carbocycles. The molecule has 0 atom stereocenters. The molecule has 0 saturated heterocycles. The van der Waals surface area contributed by atoms with Gasteiger partial charge in [-0.25, -0.2) is 0 Å². The molecular formula is C11H20BrN3. The molecule has 0 spiro atoms. The Balaban J connectivity index is 2.82. The van der Waals surface area contributed by atoms with Gasteiger partial charge in [0.25, 0.3) is 0 Å².